The average molecular weight is 428 g/mol. The van der Waals surface area contributed by atoms with Crippen LogP contribution in [-0.4, -0.2) is 22.2 Å². The molecule has 1 atom stereocenters. The van der Waals surface area contributed by atoms with E-state index in [0.29, 0.717) is 12.3 Å². The van der Waals surface area contributed by atoms with Crippen LogP contribution in [0.15, 0.2) is 65.0 Å². The largest absolute Gasteiger partial charge is 0.497 e. The van der Waals surface area contributed by atoms with Gasteiger partial charge in [0.15, 0.2) is 0 Å². The number of rotatable bonds is 4. The number of carbonyl (C=O) groups is 1. The first-order chi connectivity index (χ1) is 15.4. The molecule has 0 saturated heterocycles. The summed E-state index contributed by atoms with van der Waals surface area (Å²) < 4.78 is 14.6. The Morgan fingerprint density at radius 1 is 1.06 bits per heavy atom. The summed E-state index contributed by atoms with van der Waals surface area (Å²) in [5.41, 5.74) is 4.07. The summed E-state index contributed by atoms with van der Waals surface area (Å²) in [6.07, 6.45) is 0. The number of aromatic nitrogens is 2. The topological polar surface area (TPSA) is 62.5 Å². The van der Waals surface area contributed by atoms with Gasteiger partial charge in [0, 0.05) is 12.6 Å². The molecular weight excluding hydrogens is 404 g/mol. The molecule has 5 rings (SSSR count). The number of hydrogen-bond acceptors (Lipinski definition) is 4. The summed E-state index contributed by atoms with van der Waals surface area (Å²) in [4.78, 5) is 25.8. The van der Waals surface area contributed by atoms with E-state index in [1.807, 2.05) is 68.4 Å². The fraction of sp³-hybridized carbons (Fsp3) is 0.231. The zero-order valence-electron chi connectivity index (χ0n) is 18.5. The fourth-order valence-corrected chi connectivity index (χ4v) is 4.44. The third-order valence-corrected chi connectivity index (χ3v) is 6.32. The summed E-state index contributed by atoms with van der Waals surface area (Å²) in [6.45, 7) is 4.16. The Hall–Kier alpha value is -3.80. The van der Waals surface area contributed by atoms with Crippen molar-refractivity contribution in [2.75, 3.05) is 7.11 Å². The zero-order valence-corrected chi connectivity index (χ0v) is 18.5. The Bertz CT molecular complexity index is 1490. The minimum Gasteiger partial charge on any atom is -0.497 e. The van der Waals surface area contributed by atoms with E-state index in [1.165, 1.54) is 0 Å². The Morgan fingerprint density at radius 3 is 2.59 bits per heavy atom. The second-order valence-electron chi connectivity index (χ2n) is 8.33. The first-order valence-corrected chi connectivity index (χ1v) is 10.6. The minimum absolute atomic E-state index is 0.0710. The molecule has 0 spiro atoms. The molecule has 162 valence electrons. The van der Waals surface area contributed by atoms with Gasteiger partial charge in [-0.25, -0.2) is 4.79 Å². The molecule has 1 aliphatic rings. The third kappa shape index (κ3) is 3.02. The van der Waals surface area contributed by atoms with Crippen LogP contribution in [0.3, 0.4) is 0 Å². The number of imidazole rings is 1. The maximum atomic E-state index is 13.1. The molecule has 4 aromatic rings. The van der Waals surface area contributed by atoms with E-state index >= 15 is 0 Å². The SMILES string of the molecule is COc1ccc2cc([C@@H](C)C(=O)OC3=C(C)Cn4c(=O)n(C)c5cccc3c54)ccc2c1. The Morgan fingerprint density at radius 2 is 1.81 bits per heavy atom. The molecule has 1 aliphatic heterocycles. The monoisotopic (exact) mass is 428 g/mol. The molecule has 2 heterocycles. The van der Waals surface area contributed by atoms with Crippen LogP contribution in [0.5, 0.6) is 5.75 Å². The highest BCUT2D eigenvalue weighted by atomic mass is 16.5. The number of nitrogens with zero attached hydrogens (tertiary/aromatic N) is 2. The first-order valence-electron chi connectivity index (χ1n) is 10.6. The number of esters is 1. The van der Waals surface area contributed by atoms with Gasteiger partial charge in [-0.1, -0.05) is 30.3 Å². The second-order valence-corrected chi connectivity index (χ2v) is 8.33. The van der Waals surface area contributed by atoms with Gasteiger partial charge in [-0.2, -0.15) is 0 Å². The predicted octanol–water partition coefficient (Wildman–Crippen LogP) is 4.59. The van der Waals surface area contributed by atoms with E-state index in [9.17, 15) is 9.59 Å². The lowest BCUT2D eigenvalue weighted by molar-refractivity contribution is -0.138. The summed E-state index contributed by atoms with van der Waals surface area (Å²) in [5, 5.41) is 2.09. The van der Waals surface area contributed by atoms with E-state index in [-0.39, 0.29) is 11.7 Å². The Kier molecular flexibility index (Phi) is 4.66. The maximum absolute atomic E-state index is 13.1. The molecular formula is C26H24N2O4. The molecule has 0 N–H and O–H groups in total. The van der Waals surface area contributed by atoms with E-state index < -0.39 is 5.92 Å². The average Bonchev–Trinajstić information content (AvgIpc) is 3.06. The highest BCUT2D eigenvalue weighted by Gasteiger charge is 2.27. The van der Waals surface area contributed by atoms with Gasteiger partial charge in [-0.05, 0) is 60.0 Å². The number of benzene rings is 3. The smallest absolute Gasteiger partial charge is 0.329 e. The van der Waals surface area contributed by atoms with Crippen LogP contribution in [0.25, 0.3) is 27.6 Å². The number of hydrogen-bond donors (Lipinski definition) is 0. The summed E-state index contributed by atoms with van der Waals surface area (Å²) in [7, 11) is 3.40. The molecule has 0 unspecified atom stereocenters. The molecule has 0 bridgehead atoms. The normalized spacial score (nSPS) is 14.1. The van der Waals surface area contributed by atoms with Gasteiger partial charge in [-0.3, -0.25) is 13.9 Å². The Labute approximate surface area is 185 Å². The van der Waals surface area contributed by atoms with Gasteiger partial charge < -0.3 is 9.47 Å². The van der Waals surface area contributed by atoms with Crippen molar-refractivity contribution in [3.63, 3.8) is 0 Å². The van der Waals surface area contributed by atoms with Gasteiger partial charge in [0.05, 0.1) is 30.6 Å². The van der Waals surface area contributed by atoms with E-state index in [1.54, 1.807) is 23.3 Å². The molecule has 0 radical (unpaired) electrons. The van der Waals surface area contributed by atoms with Gasteiger partial charge in [0.2, 0.25) is 0 Å². The Balaban J connectivity index is 1.47. The zero-order chi connectivity index (χ0) is 22.6. The van der Waals surface area contributed by atoms with E-state index in [2.05, 4.69) is 0 Å². The number of ether oxygens (including phenoxy) is 2. The molecule has 0 amide bonds. The van der Waals surface area contributed by atoms with Gasteiger partial charge in [-0.15, -0.1) is 0 Å². The predicted molar refractivity (Wildman–Crippen MR) is 125 cm³/mol. The lowest BCUT2D eigenvalue weighted by atomic mass is 9.97. The molecule has 3 aromatic carbocycles. The minimum atomic E-state index is -0.444. The van der Waals surface area contributed by atoms with Crippen LogP contribution < -0.4 is 10.4 Å². The van der Waals surface area contributed by atoms with Crippen LogP contribution >= 0.6 is 0 Å². The van der Waals surface area contributed by atoms with Crippen molar-refractivity contribution in [2.45, 2.75) is 26.3 Å². The quantitative estimate of drug-likeness (QED) is 0.446. The molecule has 0 fully saturated rings. The fourth-order valence-electron chi connectivity index (χ4n) is 4.44. The van der Waals surface area contributed by atoms with Crippen molar-refractivity contribution in [2.24, 2.45) is 7.05 Å². The molecule has 0 saturated carbocycles. The van der Waals surface area contributed by atoms with Crippen LogP contribution in [-0.2, 0) is 23.1 Å². The number of para-hydroxylation sites is 1. The van der Waals surface area contributed by atoms with Crippen molar-refractivity contribution in [1.82, 2.24) is 9.13 Å². The lowest BCUT2D eigenvalue weighted by Crippen LogP contribution is -2.25. The molecule has 1 aromatic heterocycles. The summed E-state index contributed by atoms with van der Waals surface area (Å²) in [6, 6.07) is 17.5. The third-order valence-electron chi connectivity index (χ3n) is 6.32. The molecule has 0 aliphatic carbocycles. The van der Waals surface area contributed by atoms with Gasteiger partial charge in [0.25, 0.3) is 0 Å². The van der Waals surface area contributed by atoms with Crippen LogP contribution in [0.2, 0.25) is 0 Å². The lowest BCUT2D eigenvalue weighted by Gasteiger charge is -2.21. The maximum Gasteiger partial charge on any atom is 0.329 e. The number of aryl methyl sites for hydroxylation is 1. The van der Waals surface area contributed by atoms with Crippen LogP contribution in [0.1, 0.15) is 30.9 Å². The van der Waals surface area contributed by atoms with Crippen LogP contribution in [0.4, 0.5) is 0 Å². The highest BCUT2D eigenvalue weighted by Crippen LogP contribution is 2.34. The van der Waals surface area contributed by atoms with E-state index in [4.69, 9.17) is 9.47 Å². The van der Waals surface area contributed by atoms with Crippen molar-refractivity contribution in [3.05, 3.63) is 81.8 Å². The van der Waals surface area contributed by atoms with Crippen molar-refractivity contribution < 1.29 is 14.3 Å². The van der Waals surface area contributed by atoms with Crippen molar-refractivity contribution in [3.8, 4) is 5.75 Å². The van der Waals surface area contributed by atoms with Crippen molar-refractivity contribution >= 4 is 33.5 Å². The summed E-state index contributed by atoms with van der Waals surface area (Å²) >= 11 is 0. The van der Waals surface area contributed by atoms with Gasteiger partial charge >= 0.3 is 11.7 Å². The first kappa shape index (κ1) is 20.1. The molecule has 6 heteroatoms. The standard InChI is InChI=1S/C26H24N2O4/c1-15-14-28-23-21(6-5-7-22(23)27(3)26(28)30)24(15)32-25(29)16(2)17-8-9-19-13-20(31-4)11-10-18(19)12-17/h5-13,16H,14H2,1-4H3/t16-/m1/s1. The summed E-state index contributed by atoms with van der Waals surface area (Å²) in [5.74, 6) is 0.575. The van der Waals surface area contributed by atoms with E-state index in [0.717, 1.165) is 44.3 Å². The highest BCUT2D eigenvalue weighted by molar-refractivity contribution is 5.94. The molecule has 32 heavy (non-hydrogen) atoms. The van der Waals surface area contributed by atoms with Crippen LogP contribution in [0, 0.1) is 0 Å². The van der Waals surface area contributed by atoms with Crippen molar-refractivity contribution in [1.29, 1.82) is 0 Å². The number of methoxy groups -OCH3 is 1. The number of allylic oxidation sites excluding steroid dienone is 1. The molecule has 6 nitrogen and oxygen atoms in total. The van der Waals surface area contributed by atoms with Gasteiger partial charge in [0.1, 0.15) is 11.5 Å². The number of carbonyl (C=O) groups excluding carboxylic acids is 1. The number of fused-ring (bicyclic) bond motifs is 1. The second kappa shape index (κ2) is 7.41.